The van der Waals surface area contributed by atoms with Gasteiger partial charge < -0.3 is 24.1 Å². The maximum absolute atomic E-state index is 13.1. The normalized spacial score (nSPS) is 19.7. The quantitative estimate of drug-likeness (QED) is 0.318. The van der Waals surface area contributed by atoms with Crippen molar-refractivity contribution in [1.82, 2.24) is 4.90 Å². The summed E-state index contributed by atoms with van der Waals surface area (Å²) in [5.74, 6) is -1.55. The molecule has 0 unspecified atom stereocenters. The molecule has 1 fully saturated rings. The van der Waals surface area contributed by atoms with Gasteiger partial charge in [-0.3, -0.25) is 14.6 Å². The van der Waals surface area contributed by atoms with Crippen LogP contribution in [0.15, 0.2) is 39.5 Å². The van der Waals surface area contributed by atoms with E-state index in [1.807, 2.05) is 11.9 Å². The number of likely N-dealkylation sites (tertiary alicyclic amines) is 1. The van der Waals surface area contributed by atoms with Crippen LogP contribution < -0.4 is 15.4 Å². The molecule has 4 rings (SSSR count). The second-order valence-corrected chi connectivity index (χ2v) is 9.54. The third kappa shape index (κ3) is 4.68. The molecule has 0 aliphatic carbocycles. The molecule has 9 nitrogen and oxygen atoms in total. The number of piperidine rings is 1. The van der Waals surface area contributed by atoms with Gasteiger partial charge in [0.25, 0.3) is 0 Å². The molecule has 1 aliphatic rings. The van der Waals surface area contributed by atoms with Crippen LogP contribution in [0, 0.1) is 0 Å². The van der Waals surface area contributed by atoms with Gasteiger partial charge in [0.15, 0.2) is 5.43 Å². The molecule has 3 aromatic rings. The Labute approximate surface area is 194 Å². The van der Waals surface area contributed by atoms with Gasteiger partial charge in [0, 0.05) is 40.7 Å². The van der Waals surface area contributed by atoms with Gasteiger partial charge >= 0.3 is 7.82 Å². The highest BCUT2D eigenvalue weighted by Crippen LogP contribution is 2.47. The number of nitrogens with zero attached hydrogens (tertiary/aromatic N) is 1. The molecular formula is C21H20BClNO8P. The van der Waals surface area contributed by atoms with Crippen LogP contribution >= 0.6 is 19.4 Å². The number of aliphatic hydroxyl groups excluding tert-OH is 1. The lowest BCUT2D eigenvalue weighted by Gasteiger charge is -2.34. The first-order valence-electron chi connectivity index (χ1n) is 9.96. The van der Waals surface area contributed by atoms with Gasteiger partial charge in [0.1, 0.15) is 36.1 Å². The number of phosphoric acid groups is 1. The molecule has 33 heavy (non-hydrogen) atoms. The minimum atomic E-state index is -5.07. The van der Waals surface area contributed by atoms with Crippen molar-refractivity contribution in [1.29, 1.82) is 0 Å². The predicted molar refractivity (Wildman–Crippen MR) is 124 cm³/mol. The summed E-state index contributed by atoms with van der Waals surface area (Å²) < 4.78 is 22.2. The molecule has 0 bridgehead atoms. The standard InChI is InChI=1S/C21H20BClNO8P/c1-24-6-5-10(15(27)9-24)18-13(25)8-17(32-33(28,29)30)19-14(26)7-16(31-21(18)19)11-3-2-4-12(22)20(11)23/h2-4,7-8,10,15,25,27H,5-6,9H2,1H3,(H2,28,29,30)/t10-,15+/m0/s1. The summed E-state index contributed by atoms with van der Waals surface area (Å²) >= 11 is 6.30. The van der Waals surface area contributed by atoms with Crippen LogP contribution in [-0.2, 0) is 4.57 Å². The fourth-order valence-electron chi connectivity index (χ4n) is 4.16. The first kappa shape index (κ1) is 23.8. The van der Waals surface area contributed by atoms with E-state index in [4.69, 9.17) is 23.9 Å². The van der Waals surface area contributed by atoms with Crippen molar-refractivity contribution in [3.05, 3.63) is 51.1 Å². The van der Waals surface area contributed by atoms with Crippen LogP contribution in [-0.4, -0.2) is 59.0 Å². The zero-order valence-electron chi connectivity index (χ0n) is 17.4. The smallest absolute Gasteiger partial charge is 0.507 e. The molecule has 2 radical (unpaired) electrons. The number of halogens is 1. The maximum Gasteiger partial charge on any atom is 0.524 e. The Kier molecular flexibility index (Phi) is 6.35. The number of fused-ring (bicyclic) bond motifs is 1. The minimum Gasteiger partial charge on any atom is -0.507 e. The van der Waals surface area contributed by atoms with Crippen molar-refractivity contribution < 1.29 is 33.5 Å². The summed E-state index contributed by atoms with van der Waals surface area (Å²) in [6, 6.07) is 6.83. The highest BCUT2D eigenvalue weighted by molar-refractivity contribution is 7.46. The lowest BCUT2D eigenvalue weighted by atomic mass is 9.85. The van der Waals surface area contributed by atoms with Crippen molar-refractivity contribution in [2.24, 2.45) is 0 Å². The van der Waals surface area contributed by atoms with Gasteiger partial charge in [-0.25, -0.2) is 4.57 Å². The second kappa shape index (κ2) is 8.79. The number of rotatable bonds is 4. The van der Waals surface area contributed by atoms with E-state index in [1.54, 1.807) is 18.2 Å². The Balaban J connectivity index is 2.04. The fourth-order valence-corrected chi connectivity index (χ4v) is 4.78. The highest BCUT2D eigenvalue weighted by Gasteiger charge is 2.34. The number of aliphatic hydroxyl groups is 1. The summed E-state index contributed by atoms with van der Waals surface area (Å²) in [5.41, 5.74) is -0.136. The van der Waals surface area contributed by atoms with Crippen molar-refractivity contribution in [3.63, 3.8) is 0 Å². The number of hydrogen-bond acceptors (Lipinski definition) is 7. The van der Waals surface area contributed by atoms with E-state index in [-0.39, 0.29) is 32.8 Å². The average Bonchev–Trinajstić information content (AvgIpc) is 2.69. The fraction of sp³-hybridized carbons (Fsp3) is 0.286. The number of β-amino-alcohol motifs (C(OH)–C–C–N with tert-alkyl or cyclic N) is 1. The van der Waals surface area contributed by atoms with Crippen LogP contribution in [0.4, 0.5) is 0 Å². The molecule has 1 saturated heterocycles. The molecule has 172 valence electrons. The molecule has 1 aromatic heterocycles. The number of aromatic hydroxyl groups is 1. The van der Waals surface area contributed by atoms with Gasteiger partial charge in [-0.2, -0.15) is 0 Å². The zero-order chi connectivity index (χ0) is 24.1. The lowest BCUT2D eigenvalue weighted by molar-refractivity contribution is 0.0630. The minimum absolute atomic E-state index is 0.0289. The van der Waals surface area contributed by atoms with Crippen LogP contribution in [0.1, 0.15) is 17.9 Å². The van der Waals surface area contributed by atoms with Crippen LogP contribution in [0.2, 0.25) is 5.02 Å². The molecule has 4 N–H and O–H groups in total. The Morgan fingerprint density at radius 3 is 2.70 bits per heavy atom. The zero-order valence-corrected chi connectivity index (χ0v) is 19.1. The van der Waals surface area contributed by atoms with E-state index in [2.05, 4.69) is 4.52 Å². The summed E-state index contributed by atoms with van der Waals surface area (Å²) in [5, 5.41) is 21.4. The molecule has 0 amide bonds. The Morgan fingerprint density at radius 1 is 1.30 bits per heavy atom. The van der Waals surface area contributed by atoms with E-state index in [0.717, 1.165) is 12.1 Å². The second-order valence-electron chi connectivity index (χ2n) is 8.00. The number of likely N-dealkylation sites (N-methyl/N-ethyl adjacent to an activating group) is 1. The van der Waals surface area contributed by atoms with Gasteiger partial charge in [0.05, 0.1) is 6.10 Å². The van der Waals surface area contributed by atoms with E-state index in [0.29, 0.717) is 25.1 Å². The van der Waals surface area contributed by atoms with Crippen molar-refractivity contribution in [2.45, 2.75) is 18.4 Å². The van der Waals surface area contributed by atoms with Crippen molar-refractivity contribution in [2.75, 3.05) is 20.1 Å². The Morgan fingerprint density at radius 2 is 2.03 bits per heavy atom. The third-order valence-corrected chi connectivity index (χ3v) is 6.51. The van der Waals surface area contributed by atoms with Gasteiger partial charge in [-0.05, 0) is 26.1 Å². The number of benzene rings is 2. The van der Waals surface area contributed by atoms with Gasteiger partial charge in [-0.1, -0.05) is 29.2 Å². The highest BCUT2D eigenvalue weighted by atomic mass is 35.5. The molecule has 12 heteroatoms. The van der Waals surface area contributed by atoms with Gasteiger partial charge in [-0.15, -0.1) is 0 Å². The third-order valence-electron chi connectivity index (χ3n) is 5.65. The summed E-state index contributed by atoms with van der Waals surface area (Å²) in [4.78, 5) is 33.7. The Bertz CT molecular complexity index is 1340. The first-order valence-corrected chi connectivity index (χ1v) is 11.9. The molecule has 2 aromatic carbocycles. The first-order chi connectivity index (χ1) is 15.5. The molecule has 2 atom stereocenters. The van der Waals surface area contributed by atoms with Crippen molar-refractivity contribution in [3.8, 4) is 22.8 Å². The number of hydrogen-bond donors (Lipinski definition) is 4. The Hall–Kier alpha value is -2.33. The summed E-state index contributed by atoms with van der Waals surface area (Å²) in [7, 11) is 2.64. The molecule has 0 saturated carbocycles. The predicted octanol–water partition coefficient (Wildman–Crippen LogP) is 1.86. The van der Waals surface area contributed by atoms with E-state index < -0.39 is 36.8 Å². The SMILES string of the molecule is [B]c1cccc(-c2cc(=O)c3c(OP(=O)(O)O)cc(O)c([C@H]4CCN(C)C[C@H]4O)c3o2)c1Cl. The van der Waals surface area contributed by atoms with Crippen LogP contribution in [0.3, 0.4) is 0 Å². The summed E-state index contributed by atoms with van der Waals surface area (Å²) in [6.07, 6.45) is -0.456. The number of phosphoric ester groups is 1. The van der Waals surface area contributed by atoms with Gasteiger partial charge in [0.2, 0.25) is 0 Å². The maximum atomic E-state index is 13.1. The van der Waals surface area contributed by atoms with Crippen LogP contribution in [0.25, 0.3) is 22.3 Å². The summed E-state index contributed by atoms with van der Waals surface area (Å²) in [6.45, 7) is 0.922. The van der Waals surface area contributed by atoms with E-state index in [9.17, 15) is 29.4 Å². The molecule has 2 heterocycles. The number of phenolic OH excluding ortho intramolecular Hbond substituents is 1. The largest absolute Gasteiger partial charge is 0.524 e. The molecule has 0 spiro atoms. The molecular weight excluding hydrogens is 471 g/mol. The van der Waals surface area contributed by atoms with Crippen molar-refractivity contribution >= 4 is 43.7 Å². The monoisotopic (exact) mass is 491 g/mol. The molecule has 1 aliphatic heterocycles. The topological polar surface area (TPSA) is 141 Å². The van der Waals surface area contributed by atoms with Crippen LogP contribution in [0.5, 0.6) is 11.5 Å². The lowest BCUT2D eigenvalue weighted by Crippen LogP contribution is -2.40. The average molecular weight is 492 g/mol. The van der Waals surface area contributed by atoms with E-state index >= 15 is 0 Å². The van der Waals surface area contributed by atoms with E-state index in [1.165, 1.54) is 0 Å². The number of phenols is 1.